The smallest absolute Gasteiger partial charge is 0.281 e. The Hall–Kier alpha value is -0.170. The van der Waals surface area contributed by atoms with Gasteiger partial charge in [-0.15, -0.1) is 0 Å². The first-order valence-electron chi connectivity index (χ1n) is 6.36. The topological polar surface area (TPSA) is 66.6 Å². The summed E-state index contributed by atoms with van der Waals surface area (Å²) in [7, 11) is -1.61. The lowest BCUT2D eigenvalue weighted by atomic mass is 9.99. The van der Waals surface area contributed by atoms with E-state index in [0.29, 0.717) is 25.6 Å². The molecule has 0 aliphatic carbocycles. The fraction of sp³-hybridized carbons (Fsp3) is 1.00. The molecule has 0 aromatic rings. The van der Waals surface area contributed by atoms with Crippen molar-refractivity contribution in [3.05, 3.63) is 0 Å². The van der Waals surface area contributed by atoms with Crippen LogP contribution in [0.3, 0.4) is 0 Å². The van der Waals surface area contributed by atoms with Gasteiger partial charge >= 0.3 is 0 Å². The minimum absolute atomic E-state index is 0.0484. The van der Waals surface area contributed by atoms with Crippen LogP contribution in [0.2, 0.25) is 0 Å². The molecule has 0 amide bonds. The molecule has 5 nitrogen and oxygen atoms in total. The van der Waals surface area contributed by atoms with Crippen LogP contribution in [-0.4, -0.2) is 49.8 Å². The second kappa shape index (κ2) is 6.13. The van der Waals surface area contributed by atoms with Gasteiger partial charge in [0.1, 0.15) is 0 Å². The van der Waals surface area contributed by atoms with Crippen molar-refractivity contribution in [2.45, 2.75) is 39.2 Å². The van der Waals surface area contributed by atoms with Crippen molar-refractivity contribution in [1.82, 2.24) is 8.61 Å². The lowest BCUT2D eigenvalue weighted by Crippen LogP contribution is -2.48. The van der Waals surface area contributed by atoms with Gasteiger partial charge in [0, 0.05) is 26.2 Å². The molecule has 0 aromatic heterocycles. The van der Waals surface area contributed by atoms with E-state index in [1.54, 1.807) is 11.4 Å². The monoisotopic (exact) mass is 263 g/mol. The highest BCUT2D eigenvalue weighted by Crippen LogP contribution is 2.21. The van der Waals surface area contributed by atoms with Gasteiger partial charge in [0.25, 0.3) is 10.2 Å². The molecule has 0 bridgehead atoms. The molecule has 1 rings (SSSR count). The molecule has 1 unspecified atom stereocenters. The van der Waals surface area contributed by atoms with Crippen molar-refractivity contribution in [2.75, 3.05) is 26.7 Å². The van der Waals surface area contributed by atoms with Gasteiger partial charge < -0.3 is 5.73 Å². The van der Waals surface area contributed by atoms with Crippen molar-refractivity contribution >= 4 is 10.2 Å². The second-order valence-corrected chi connectivity index (χ2v) is 6.85. The zero-order chi connectivity index (χ0) is 13.1. The summed E-state index contributed by atoms with van der Waals surface area (Å²) in [6, 6.07) is 0.0484. The van der Waals surface area contributed by atoms with Crippen LogP contribution in [0.25, 0.3) is 0 Å². The van der Waals surface area contributed by atoms with Gasteiger partial charge in [-0.25, -0.2) is 0 Å². The van der Waals surface area contributed by atoms with Crippen molar-refractivity contribution in [3.8, 4) is 0 Å². The molecule has 0 spiro atoms. The fourth-order valence-corrected chi connectivity index (χ4v) is 3.68. The van der Waals surface area contributed by atoms with Crippen LogP contribution in [-0.2, 0) is 10.2 Å². The Morgan fingerprint density at radius 3 is 2.35 bits per heavy atom. The Kier molecular flexibility index (Phi) is 5.37. The highest BCUT2D eigenvalue weighted by Gasteiger charge is 2.32. The maximum Gasteiger partial charge on any atom is 0.281 e. The van der Waals surface area contributed by atoms with E-state index in [1.165, 1.54) is 4.31 Å². The lowest BCUT2D eigenvalue weighted by Gasteiger charge is -2.35. The van der Waals surface area contributed by atoms with Crippen LogP contribution in [0.15, 0.2) is 0 Å². The quantitative estimate of drug-likeness (QED) is 0.791. The predicted molar refractivity (Wildman–Crippen MR) is 69.8 cm³/mol. The van der Waals surface area contributed by atoms with E-state index >= 15 is 0 Å². The molecule has 1 aliphatic heterocycles. The number of hydrogen-bond acceptors (Lipinski definition) is 3. The summed E-state index contributed by atoms with van der Waals surface area (Å²) in [6.07, 6.45) is 2.59. The number of rotatable bonds is 5. The van der Waals surface area contributed by atoms with Crippen molar-refractivity contribution in [3.63, 3.8) is 0 Å². The van der Waals surface area contributed by atoms with Crippen LogP contribution in [0.1, 0.15) is 33.1 Å². The normalized spacial score (nSPS) is 21.9. The van der Waals surface area contributed by atoms with Crippen LogP contribution in [0.5, 0.6) is 0 Å². The summed E-state index contributed by atoms with van der Waals surface area (Å²) in [6.45, 7) is 5.80. The molecule has 1 aliphatic rings. The van der Waals surface area contributed by atoms with Crippen molar-refractivity contribution in [2.24, 2.45) is 11.7 Å². The van der Waals surface area contributed by atoms with Crippen LogP contribution in [0, 0.1) is 5.92 Å². The Morgan fingerprint density at radius 1 is 1.41 bits per heavy atom. The maximum atomic E-state index is 12.3. The van der Waals surface area contributed by atoms with E-state index in [-0.39, 0.29) is 6.04 Å². The third-order valence-electron chi connectivity index (χ3n) is 3.81. The standard InChI is InChI=1S/C11H25N3O2S/c1-4-10(2)13(3)17(15,16)14-7-5-11(9-12)6-8-14/h10-11H,4-9,12H2,1-3H3. The largest absolute Gasteiger partial charge is 0.330 e. The molecule has 17 heavy (non-hydrogen) atoms. The third-order valence-corrected chi connectivity index (χ3v) is 5.91. The zero-order valence-electron chi connectivity index (χ0n) is 11.1. The highest BCUT2D eigenvalue weighted by atomic mass is 32.2. The Morgan fingerprint density at radius 2 is 1.94 bits per heavy atom. The van der Waals surface area contributed by atoms with E-state index in [9.17, 15) is 8.42 Å². The molecule has 1 heterocycles. The second-order valence-electron chi connectivity index (χ2n) is 4.86. The van der Waals surface area contributed by atoms with E-state index in [4.69, 9.17) is 5.73 Å². The van der Waals surface area contributed by atoms with Gasteiger partial charge in [0.15, 0.2) is 0 Å². The van der Waals surface area contributed by atoms with Crippen LogP contribution >= 0.6 is 0 Å². The van der Waals surface area contributed by atoms with E-state index in [1.807, 2.05) is 13.8 Å². The zero-order valence-corrected chi connectivity index (χ0v) is 11.9. The average Bonchev–Trinajstić information content (AvgIpc) is 2.36. The summed E-state index contributed by atoms with van der Waals surface area (Å²) < 4.78 is 27.7. The van der Waals surface area contributed by atoms with Crippen LogP contribution < -0.4 is 5.73 Å². The number of nitrogens with zero attached hydrogens (tertiary/aromatic N) is 2. The van der Waals surface area contributed by atoms with E-state index < -0.39 is 10.2 Å². The Labute approximate surface area is 105 Å². The van der Waals surface area contributed by atoms with E-state index in [2.05, 4.69) is 0 Å². The predicted octanol–water partition coefficient (Wildman–Crippen LogP) is 0.632. The molecule has 1 saturated heterocycles. The lowest BCUT2D eigenvalue weighted by molar-refractivity contribution is 0.253. The van der Waals surface area contributed by atoms with Gasteiger partial charge in [-0.3, -0.25) is 0 Å². The number of nitrogens with two attached hydrogens (primary N) is 1. The van der Waals surface area contributed by atoms with Crippen LogP contribution in [0.4, 0.5) is 0 Å². The summed E-state index contributed by atoms with van der Waals surface area (Å²) in [5.41, 5.74) is 5.61. The highest BCUT2D eigenvalue weighted by molar-refractivity contribution is 7.86. The molecule has 6 heteroatoms. The van der Waals surface area contributed by atoms with Gasteiger partial charge in [0.05, 0.1) is 0 Å². The SMILES string of the molecule is CCC(C)N(C)S(=O)(=O)N1CCC(CN)CC1. The molecular weight excluding hydrogens is 238 g/mol. The molecule has 0 aromatic carbocycles. The van der Waals surface area contributed by atoms with Crippen molar-refractivity contribution < 1.29 is 8.42 Å². The summed E-state index contributed by atoms with van der Waals surface area (Å²) in [5, 5.41) is 0. The Balaban J connectivity index is 2.66. The molecule has 2 N–H and O–H groups in total. The summed E-state index contributed by atoms with van der Waals surface area (Å²) in [5.74, 6) is 0.482. The fourth-order valence-electron chi connectivity index (χ4n) is 2.04. The number of piperidine rings is 1. The van der Waals surface area contributed by atoms with E-state index in [0.717, 1.165) is 19.3 Å². The van der Waals surface area contributed by atoms with Gasteiger partial charge in [-0.2, -0.15) is 17.0 Å². The molecule has 102 valence electrons. The van der Waals surface area contributed by atoms with Gasteiger partial charge in [-0.1, -0.05) is 6.92 Å². The van der Waals surface area contributed by atoms with Gasteiger partial charge in [-0.05, 0) is 38.6 Å². The third kappa shape index (κ3) is 3.40. The number of hydrogen-bond donors (Lipinski definition) is 1. The van der Waals surface area contributed by atoms with Gasteiger partial charge in [0.2, 0.25) is 0 Å². The first kappa shape index (κ1) is 14.9. The average molecular weight is 263 g/mol. The maximum absolute atomic E-state index is 12.3. The summed E-state index contributed by atoms with van der Waals surface area (Å²) >= 11 is 0. The minimum atomic E-state index is -3.28. The minimum Gasteiger partial charge on any atom is -0.330 e. The first-order chi connectivity index (χ1) is 7.93. The molecule has 1 fully saturated rings. The molecule has 1 atom stereocenters. The Bertz CT molecular complexity index is 324. The summed E-state index contributed by atoms with van der Waals surface area (Å²) in [4.78, 5) is 0. The van der Waals surface area contributed by atoms with Crippen molar-refractivity contribution in [1.29, 1.82) is 0 Å². The molecule has 0 saturated carbocycles. The molecule has 0 radical (unpaired) electrons. The molecular formula is C11H25N3O2S. The first-order valence-corrected chi connectivity index (χ1v) is 7.76.